The quantitative estimate of drug-likeness (QED) is 0.621. The van der Waals surface area contributed by atoms with Gasteiger partial charge in [0.15, 0.2) is 0 Å². The lowest BCUT2D eigenvalue weighted by molar-refractivity contribution is -0.116. The number of halogens is 1. The fraction of sp³-hybridized carbons (Fsp3) is 0.118. The summed E-state index contributed by atoms with van der Waals surface area (Å²) in [6, 6.07) is 13.3. The van der Waals surface area contributed by atoms with Crippen molar-refractivity contribution in [1.29, 1.82) is 0 Å². The van der Waals surface area contributed by atoms with Gasteiger partial charge in [-0.3, -0.25) is 4.79 Å². The number of carboxylic acids is 1. The average Bonchev–Trinajstić information content (AvgIpc) is 3.10. The molecule has 1 heterocycles. The molecule has 0 aliphatic rings. The van der Waals surface area contributed by atoms with E-state index >= 15 is 0 Å². The molecule has 0 radical (unpaired) electrons. The molecule has 0 atom stereocenters. The molecule has 0 saturated heterocycles. The zero-order chi connectivity index (χ0) is 18.5. The molecule has 0 aliphatic carbocycles. The number of carbonyl (C=O) groups excluding carboxylic acids is 1. The van der Waals surface area contributed by atoms with Crippen molar-refractivity contribution in [1.82, 2.24) is 20.2 Å². The van der Waals surface area contributed by atoms with Crippen molar-refractivity contribution in [2.75, 3.05) is 5.75 Å². The largest absolute Gasteiger partial charge is 0.478 e. The van der Waals surface area contributed by atoms with Crippen molar-refractivity contribution in [3.8, 4) is 5.69 Å². The van der Waals surface area contributed by atoms with Crippen LogP contribution in [0, 0.1) is 0 Å². The van der Waals surface area contributed by atoms with Crippen molar-refractivity contribution in [2.45, 2.75) is 11.6 Å². The number of tetrazole rings is 1. The van der Waals surface area contributed by atoms with E-state index in [1.807, 2.05) is 12.1 Å². The average molecular weight is 389 g/mol. The molecule has 0 unspecified atom stereocenters. The van der Waals surface area contributed by atoms with Gasteiger partial charge in [-0.1, -0.05) is 35.5 Å². The van der Waals surface area contributed by atoms with Gasteiger partial charge >= 0.3 is 5.97 Å². The molecule has 7 nitrogen and oxygen atoms in total. The zero-order valence-electron chi connectivity index (χ0n) is 13.4. The lowest BCUT2D eigenvalue weighted by Crippen LogP contribution is -2.07. The van der Waals surface area contributed by atoms with E-state index < -0.39 is 5.97 Å². The third kappa shape index (κ3) is 4.47. The van der Waals surface area contributed by atoms with Gasteiger partial charge in [0.25, 0.3) is 0 Å². The molecule has 3 rings (SSSR count). The third-order valence-corrected chi connectivity index (χ3v) is 4.71. The predicted molar refractivity (Wildman–Crippen MR) is 97.0 cm³/mol. The SMILES string of the molecule is O=C(CSc1nnnn1-c1ccc(C(=O)O)cc1)Cc1ccc(Cl)cc1. The number of hydrogen-bond donors (Lipinski definition) is 1. The van der Waals surface area contributed by atoms with Crippen molar-refractivity contribution in [3.05, 3.63) is 64.7 Å². The van der Waals surface area contributed by atoms with Gasteiger partial charge in [-0.2, -0.15) is 4.68 Å². The highest BCUT2D eigenvalue weighted by Crippen LogP contribution is 2.19. The number of carboxylic acid groups (broad SMARTS) is 1. The molecule has 0 saturated carbocycles. The maximum absolute atomic E-state index is 12.2. The Labute approximate surface area is 158 Å². The van der Waals surface area contributed by atoms with Crippen LogP contribution in [0.25, 0.3) is 5.69 Å². The van der Waals surface area contributed by atoms with Crippen LogP contribution in [0.15, 0.2) is 53.7 Å². The number of hydrogen-bond acceptors (Lipinski definition) is 6. The molecule has 9 heteroatoms. The molecule has 0 amide bonds. The van der Waals surface area contributed by atoms with Crippen molar-refractivity contribution in [3.63, 3.8) is 0 Å². The first kappa shape index (κ1) is 18.1. The minimum Gasteiger partial charge on any atom is -0.478 e. The highest BCUT2D eigenvalue weighted by Gasteiger charge is 2.13. The highest BCUT2D eigenvalue weighted by atomic mass is 35.5. The Morgan fingerprint density at radius 2 is 1.77 bits per heavy atom. The highest BCUT2D eigenvalue weighted by molar-refractivity contribution is 7.99. The molecule has 2 aromatic carbocycles. The molecular weight excluding hydrogens is 376 g/mol. The second-order valence-corrected chi connectivity index (χ2v) is 6.73. The molecule has 1 N–H and O–H groups in total. The van der Waals surface area contributed by atoms with Crippen LogP contribution >= 0.6 is 23.4 Å². The molecular formula is C17H13ClN4O3S. The van der Waals surface area contributed by atoms with Crippen molar-refractivity contribution in [2.24, 2.45) is 0 Å². The van der Waals surface area contributed by atoms with E-state index in [4.69, 9.17) is 16.7 Å². The summed E-state index contributed by atoms with van der Waals surface area (Å²) in [4.78, 5) is 23.1. The normalized spacial score (nSPS) is 10.7. The number of aromatic nitrogens is 4. The summed E-state index contributed by atoms with van der Waals surface area (Å²) < 4.78 is 1.46. The van der Waals surface area contributed by atoms with Gasteiger partial charge in [-0.15, -0.1) is 5.10 Å². The van der Waals surface area contributed by atoms with E-state index in [9.17, 15) is 9.59 Å². The number of rotatable bonds is 7. The standard InChI is InChI=1S/C17H13ClN4O3S/c18-13-5-1-11(2-6-13)9-15(23)10-26-17-19-20-21-22(17)14-7-3-12(4-8-14)16(24)25/h1-8H,9-10H2,(H,24,25). The number of thioether (sulfide) groups is 1. The van der Waals surface area contributed by atoms with Crippen LogP contribution in [0.1, 0.15) is 15.9 Å². The van der Waals surface area contributed by atoms with Crippen molar-refractivity contribution < 1.29 is 14.7 Å². The van der Waals surface area contributed by atoms with E-state index in [1.165, 1.54) is 28.6 Å². The van der Waals surface area contributed by atoms with Crippen LogP contribution in [0.2, 0.25) is 5.02 Å². The molecule has 0 bridgehead atoms. The lowest BCUT2D eigenvalue weighted by Gasteiger charge is -2.05. The van der Waals surface area contributed by atoms with Gasteiger partial charge in [0.1, 0.15) is 5.78 Å². The van der Waals surface area contributed by atoms with Gasteiger partial charge in [-0.05, 0) is 52.4 Å². The monoisotopic (exact) mass is 388 g/mol. The van der Waals surface area contributed by atoms with Gasteiger partial charge in [0.2, 0.25) is 5.16 Å². The van der Waals surface area contributed by atoms with Crippen LogP contribution < -0.4 is 0 Å². The van der Waals surface area contributed by atoms with Crippen molar-refractivity contribution >= 4 is 35.1 Å². The molecule has 26 heavy (non-hydrogen) atoms. The van der Waals surface area contributed by atoms with Gasteiger partial charge in [0, 0.05) is 11.4 Å². The zero-order valence-corrected chi connectivity index (χ0v) is 14.9. The third-order valence-electron chi connectivity index (χ3n) is 3.48. The molecule has 0 fully saturated rings. The minimum atomic E-state index is -1.00. The second kappa shape index (κ2) is 8.11. The van der Waals surface area contributed by atoms with E-state index in [0.29, 0.717) is 22.3 Å². The molecule has 3 aromatic rings. The smallest absolute Gasteiger partial charge is 0.335 e. The van der Waals surface area contributed by atoms with Gasteiger partial charge in [-0.25, -0.2) is 4.79 Å². The molecule has 0 aliphatic heterocycles. The number of benzene rings is 2. The summed E-state index contributed by atoms with van der Waals surface area (Å²) in [5.41, 5.74) is 1.69. The predicted octanol–water partition coefficient (Wildman–Crippen LogP) is 2.92. The Balaban J connectivity index is 1.64. The Kier molecular flexibility index (Phi) is 5.65. The van der Waals surface area contributed by atoms with Crippen LogP contribution in [-0.2, 0) is 11.2 Å². The summed E-state index contributed by atoms with van der Waals surface area (Å²) in [6.45, 7) is 0. The number of nitrogens with zero attached hydrogens (tertiary/aromatic N) is 4. The Bertz CT molecular complexity index is 926. The number of ketones is 1. The minimum absolute atomic E-state index is 0.0353. The maximum atomic E-state index is 12.2. The lowest BCUT2D eigenvalue weighted by atomic mass is 10.1. The number of aromatic carboxylic acids is 1. The first-order valence-electron chi connectivity index (χ1n) is 7.54. The topological polar surface area (TPSA) is 98.0 Å². The van der Waals surface area contributed by atoms with Crippen LogP contribution in [0.3, 0.4) is 0 Å². The van der Waals surface area contributed by atoms with Crippen LogP contribution in [-0.4, -0.2) is 42.8 Å². The summed E-state index contributed by atoms with van der Waals surface area (Å²) in [7, 11) is 0. The summed E-state index contributed by atoms with van der Waals surface area (Å²) in [6.07, 6.45) is 0.305. The second-order valence-electron chi connectivity index (χ2n) is 5.36. The van der Waals surface area contributed by atoms with Gasteiger partial charge in [0.05, 0.1) is 17.0 Å². The van der Waals surface area contributed by atoms with E-state index in [-0.39, 0.29) is 17.1 Å². The molecule has 1 aromatic heterocycles. The van der Waals surface area contributed by atoms with E-state index in [0.717, 1.165) is 5.56 Å². The summed E-state index contributed by atoms with van der Waals surface area (Å²) in [5.74, 6) is -0.750. The maximum Gasteiger partial charge on any atom is 0.335 e. The van der Waals surface area contributed by atoms with E-state index in [2.05, 4.69) is 15.5 Å². The fourth-order valence-corrected chi connectivity index (χ4v) is 3.08. The van der Waals surface area contributed by atoms with Gasteiger partial charge < -0.3 is 5.11 Å². The number of carbonyl (C=O) groups is 2. The summed E-state index contributed by atoms with van der Waals surface area (Å²) >= 11 is 7.06. The Morgan fingerprint density at radius 3 is 2.42 bits per heavy atom. The first-order chi connectivity index (χ1) is 12.5. The Morgan fingerprint density at radius 1 is 1.08 bits per heavy atom. The first-order valence-corrected chi connectivity index (χ1v) is 8.90. The summed E-state index contributed by atoms with van der Waals surface area (Å²) in [5, 5.41) is 21.5. The Hall–Kier alpha value is -2.71. The number of Topliss-reactive ketones (excluding diaryl/α,β-unsaturated/α-hetero) is 1. The van der Waals surface area contributed by atoms with E-state index in [1.54, 1.807) is 24.3 Å². The molecule has 132 valence electrons. The van der Waals surface area contributed by atoms with Crippen LogP contribution in [0.4, 0.5) is 0 Å². The van der Waals surface area contributed by atoms with Crippen LogP contribution in [0.5, 0.6) is 0 Å². The fourth-order valence-electron chi connectivity index (χ4n) is 2.20. The molecule has 0 spiro atoms.